The van der Waals surface area contributed by atoms with Crippen LogP contribution in [0.15, 0.2) is 0 Å². The Balaban J connectivity index is 2.98. The minimum Gasteiger partial charge on any atom is -0.320 e. The van der Waals surface area contributed by atoms with Crippen molar-refractivity contribution < 1.29 is 0 Å². The predicted octanol–water partition coefficient (Wildman–Crippen LogP) is 1.74. The predicted molar refractivity (Wildman–Crippen MR) is 73.0 cm³/mol. The van der Waals surface area contributed by atoms with Crippen LogP contribution >= 0.6 is 0 Å². The third-order valence-corrected chi connectivity index (χ3v) is 2.78. The molecule has 0 aromatic carbocycles. The highest BCUT2D eigenvalue weighted by Crippen LogP contribution is 1.95. The van der Waals surface area contributed by atoms with Crippen molar-refractivity contribution in [3.63, 3.8) is 0 Å². The van der Waals surface area contributed by atoms with Gasteiger partial charge in [0.1, 0.15) is 0 Å². The summed E-state index contributed by atoms with van der Waals surface area (Å²) in [5.74, 6) is 0. The molecule has 1 atom stereocenters. The highest BCUT2D eigenvalue weighted by atomic mass is 14.9. The van der Waals surface area contributed by atoms with E-state index in [4.69, 9.17) is 0 Å². The molecule has 3 heteroatoms. The Labute approximate surface area is 102 Å². The molecular weight excluding hydrogens is 198 g/mol. The van der Waals surface area contributed by atoms with Crippen molar-refractivity contribution in [3.8, 4) is 0 Å². The lowest BCUT2D eigenvalue weighted by Crippen LogP contribution is -2.27. The summed E-state index contributed by atoms with van der Waals surface area (Å²) in [6.45, 7) is 9.10. The van der Waals surface area contributed by atoms with Crippen LogP contribution in [0.2, 0.25) is 0 Å². The van der Waals surface area contributed by atoms with E-state index in [1.54, 1.807) is 0 Å². The van der Waals surface area contributed by atoms with Crippen molar-refractivity contribution in [2.45, 2.75) is 52.0 Å². The smallest absolute Gasteiger partial charge is 0.00386 e. The number of hydrogen-bond donors (Lipinski definition) is 3. The quantitative estimate of drug-likeness (QED) is 0.446. The Morgan fingerprint density at radius 1 is 0.938 bits per heavy atom. The van der Waals surface area contributed by atoms with Gasteiger partial charge >= 0.3 is 0 Å². The lowest BCUT2D eigenvalue weighted by Gasteiger charge is -2.12. The molecule has 1 unspecified atom stereocenters. The van der Waals surface area contributed by atoms with Crippen molar-refractivity contribution in [1.82, 2.24) is 16.0 Å². The molecule has 0 saturated carbocycles. The lowest BCUT2D eigenvalue weighted by atomic mass is 10.2. The van der Waals surface area contributed by atoms with Crippen LogP contribution in [0.25, 0.3) is 0 Å². The SMILES string of the molecule is CCCC(C)NCCCCNCCCNC. The molecule has 0 aromatic rings. The first kappa shape index (κ1) is 15.9. The fraction of sp³-hybridized carbons (Fsp3) is 1.00. The van der Waals surface area contributed by atoms with Crippen LogP contribution in [0.5, 0.6) is 0 Å². The first-order valence-electron chi connectivity index (χ1n) is 6.90. The molecule has 0 heterocycles. The molecule has 3 nitrogen and oxygen atoms in total. The monoisotopic (exact) mass is 229 g/mol. The van der Waals surface area contributed by atoms with Crippen molar-refractivity contribution >= 4 is 0 Å². The van der Waals surface area contributed by atoms with Gasteiger partial charge < -0.3 is 16.0 Å². The maximum absolute atomic E-state index is 3.56. The van der Waals surface area contributed by atoms with Crippen molar-refractivity contribution in [2.75, 3.05) is 33.2 Å². The molecule has 0 aromatic heterocycles. The Hall–Kier alpha value is -0.120. The Kier molecular flexibility index (Phi) is 12.9. The van der Waals surface area contributed by atoms with Gasteiger partial charge in [0.25, 0.3) is 0 Å². The van der Waals surface area contributed by atoms with Crippen molar-refractivity contribution in [1.29, 1.82) is 0 Å². The van der Waals surface area contributed by atoms with Crippen LogP contribution in [0.1, 0.15) is 46.0 Å². The van der Waals surface area contributed by atoms with E-state index in [0.717, 1.165) is 19.6 Å². The van der Waals surface area contributed by atoms with Crippen molar-refractivity contribution in [3.05, 3.63) is 0 Å². The summed E-state index contributed by atoms with van der Waals surface area (Å²) in [7, 11) is 2.00. The molecule has 3 N–H and O–H groups in total. The van der Waals surface area contributed by atoms with Gasteiger partial charge in [-0.15, -0.1) is 0 Å². The second-order valence-corrected chi connectivity index (χ2v) is 4.56. The number of rotatable bonds is 12. The number of nitrogens with one attached hydrogen (secondary N) is 3. The average Bonchev–Trinajstić information content (AvgIpc) is 2.27. The minimum atomic E-state index is 0.689. The molecule has 0 aliphatic heterocycles. The molecule has 0 aliphatic rings. The second kappa shape index (κ2) is 12.9. The van der Waals surface area contributed by atoms with Crippen LogP contribution in [-0.4, -0.2) is 39.3 Å². The van der Waals surface area contributed by atoms with E-state index in [1.807, 2.05) is 7.05 Å². The highest BCUT2D eigenvalue weighted by Gasteiger charge is 1.97. The molecule has 16 heavy (non-hydrogen) atoms. The molecule has 0 rings (SSSR count). The molecule has 98 valence electrons. The zero-order chi connectivity index (χ0) is 12.1. The minimum absolute atomic E-state index is 0.689. The van der Waals surface area contributed by atoms with E-state index in [2.05, 4.69) is 29.8 Å². The Bertz CT molecular complexity index is 128. The summed E-state index contributed by atoms with van der Waals surface area (Å²) in [5.41, 5.74) is 0. The number of hydrogen-bond acceptors (Lipinski definition) is 3. The maximum atomic E-state index is 3.56. The first-order valence-corrected chi connectivity index (χ1v) is 6.90. The largest absolute Gasteiger partial charge is 0.320 e. The van der Waals surface area contributed by atoms with Crippen LogP contribution < -0.4 is 16.0 Å². The molecule has 0 bridgehead atoms. The van der Waals surface area contributed by atoms with Gasteiger partial charge in [0.2, 0.25) is 0 Å². The molecule has 0 radical (unpaired) electrons. The van der Waals surface area contributed by atoms with Gasteiger partial charge in [0.15, 0.2) is 0 Å². The van der Waals surface area contributed by atoms with Gasteiger partial charge in [-0.2, -0.15) is 0 Å². The van der Waals surface area contributed by atoms with Gasteiger partial charge in [-0.05, 0) is 65.8 Å². The van der Waals surface area contributed by atoms with E-state index < -0.39 is 0 Å². The average molecular weight is 229 g/mol. The van der Waals surface area contributed by atoms with Crippen LogP contribution in [0, 0.1) is 0 Å². The van der Waals surface area contributed by atoms with E-state index in [1.165, 1.54) is 38.6 Å². The molecule has 0 aliphatic carbocycles. The van der Waals surface area contributed by atoms with Crippen LogP contribution in [0.3, 0.4) is 0 Å². The second-order valence-electron chi connectivity index (χ2n) is 4.56. The van der Waals surface area contributed by atoms with E-state index in [-0.39, 0.29) is 0 Å². The molecule has 0 spiro atoms. The zero-order valence-corrected chi connectivity index (χ0v) is 11.4. The van der Waals surface area contributed by atoms with E-state index >= 15 is 0 Å². The van der Waals surface area contributed by atoms with Gasteiger partial charge in [-0.3, -0.25) is 0 Å². The third kappa shape index (κ3) is 12.0. The molecule has 0 saturated heterocycles. The van der Waals surface area contributed by atoms with E-state index in [9.17, 15) is 0 Å². The van der Waals surface area contributed by atoms with Gasteiger partial charge in [-0.25, -0.2) is 0 Å². The molecular formula is C13H31N3. The summed E-state index contributed by atoms with van der Waals surface area (Å²) >= 11 is 0. The van der Waals surface area contributed by atoms with E-state index in [0.29, 0.717) is 6.04 Å². The lowest BCUT2D eigenvalue weighted by molar-refractivity contribution is 0.489. The Morgan fingerprint density at radius 3 is 2.31 bits per heavy atom. The zero-order valence-electron chi connectivity index (χ0n) is 11.4. The van der Waals surface area contributed by atoms with Gasteiger partial charge in [0, 0.05) is 6.04 Å². The van der Waals surface area contributed by atoms with Gasteiger partial charge in [0.05, 0.1) is 0 Å². The van der Waals surface area contributed by atoms with Crippen LogP contribution in [0.4, 0.5) is 0 Å². The third-order valence-electron chi connectivity index (χ3n) is 2.78. The fourth-order valence-electron chi connectivity index (χ4n) is 1.77. The Morgan fingerprint density at radius 2 is 1.62 bits per heavy atom. The summed E-state index contributed by atoms with van der Waals surface area (Å²) in [5, 5.41) is 10.2. The maximum Gasteiger partial charge on any atom is 0.00386 e. The number of unbranched alkanes of at least 4 members (excludes halogenated alkanes) is 1. The normalized spacial score (nSPS) is 12.9. The standard InChI is InChI=1S/C13H31N3/c1-4-8-13(2)16-12-6-5-10-15-11-7-9-14-3/h13-16H,4-12H2,1-3H3. The summed E-state index contributed by atoms with van der Waals surface area (Å²) in [4.78, 5) is 0. The summed E-state index contributed by atoms with van der Waals surface area (Å²) < 4.78 is 0. The summed E-state index contributed by atoms with van der Waals surface area (Å²) in [6, 6.07) is 0.689. The summed E-state index contributed by atoms with van der Waals surface area (Å²) in [6.07, 6.45) is 6.37. The first-order chi connectivity index (χ1) is 7.81. The highest BCUT2D eigenvalue weighted by molar-refractivity contribution is 4.59. The molecule has 0 amide bonds. The van der Waals surface area contributed by atoms with Gasteiger partial charge in [-0.1, -0.05) is 13.3 Å². The molecule has 0 fully saturated rings. The fourth-order valence-corrected chi connectivity index (χ4v) is 1.77. The topological polar surface area (TPSA) is 36.1 Å². The van der Waals surface area contributed by atoms with Crippen molar-refractivity contribution in [2.24, 2.45) is 0 Å². The van der Waals surface area contributed by atoms with Crippen LogP contribution in [-0.2, 0) is 0 Å².